The van der Waals surface area contributed by atoms with Gasteiger partial charge in [0.05, 0.1) is 29.1 Å². The second-order valence-electron chi connectivity index (χ2n) is 6.90. The van der Waals surface area contributed by atoms with Crippen LogP contribution in [0.25, 0.3) is 22.3 Å². The number of imidazole rings is 1. The van der Waals surface area contributed by atoms with Gasteiger partial charge in [-0.25, -0.2) is 9.37 Å². The molecule has 5 nitrogen and oxygen atoms in total. The molecular formula is C21H18FN5. The van der Waals surface area contributed by atoms with Gasteiger partial charge in [-0.15, -0.1) is 0 Å². The zero-order chi connectivity index (χ0) is 18.2. The third-order valence-electron chi connectivity index (χ3n) is 5.08. The number of halogens is 1. The van der Waals surface area contributed by atoms with E-state index in [1.54, 1.807) is 24.5 Å². The standard InChI is InChI=1S/C21H18FN5/c22-17-6-4-15(5-7-17)20-13-27(14-25-20)18-11-26(12-18)10-16-2-1-3-19-21(16)24-9-8-23-19/h1-9,13-14,18H,10-12H2. The summed E-state index contributed by atoms with van der Waals surface area (Å²) in [6.45, 7) is 2.80. The maximum atomic E-state index is 13.1. The predicted octanol–water partition coefficient (Wildman–Crippen LogP) is 3.69. The van der Waals surface area contributed by atoms with Crippen molar-refractivity contribution >= 4 is 11.0 Å². The van der Waals surface area contributed by atoms with Gasteiger partial charge in [0.15, 0.2) is 0 Å². The van der Waals surface area contributed by atoms with Crippen molar-refractivity contribution in [2.45, 2.75) is 12.6 Å². The summed E-state index contributed by atoms with van der Waals surface area (Å²) in [7, 11) is 0. The molecule has 3 heterocycles. The molecule has 1 fully saturated rings. The first kappa shape index (κ1) is 16.1. The lowest BCUT2D eigenvalue weighted by molar-refractivity contribution is 0.0993. The molecule has 0 aliphatic carbocycles. The normalized spacial score (nSPS) is 15.1. The van der Waals surface area contributed by atoms with Crippen LogP contribution in [-0.4, -0.2) is 37.5 Å². The maximum Gasteiger partial charge on any atom is 0.123 e. The largest absolute Gasteiger partial charge is 0.331 e. The van der Waals surface area contributed by atoms with Gasteiger partial charge in [0.2, 0.25) is 0 Å². The smallest absolute Gasteiger partial charge is 0.123 e. The van der Waals surface area contributed by atoms with E-state index in [2.05, 4.69) is 30.5 Å². The number of fused-ring (bicyclic) bond motifs is 1. The van der Waals surface area contributed by atoms with Gasteiger partial charge in [0.25, 0.3) is 0 Å². The van der Waals surface area contributed by atoms with Crippen molar-refractivity contribution in [2.75, 3.05) is 13.1 Å². The minimum absolute atomic E-state index is 0.231. The van der Waals surface area contributed by atoms with Gasteiger partial charge in [-0.05, 0) is 35.9 Å². The molecule has 2 aromatic carbocycles. The second-order valence-corrected chi connectivity index (χ2v) is 6.90. The lowest BCUT2D eigenvalue weighted by atomic mass is 10.1. The molecule has 0 bridgehead atoms. The van der Waals surface area contributed by atoms with Crippen molar-refractivity contribution < 1.29 is 4.39 Å². The Balaban J connectivity index is 1.26. The van der Waals surface area contributed by atoms with Crippen LogP contribution < -0.4 is 0 Å². The third-order valence-corrected chi connectivity index (χ3v) is 5.08. The average molecular weight is 359 g/mol. The maximum absolute atomic E-state index is 13.1. The Hall–Kier alpha value is -3.12. The Morgan fingerprint density at radius 2 is 1.78 bits per heavy atom. The lowest BCUT2D eigenvalue weighted by Gasteiger charge is -2.39. The van der Waals surface area contributed by atoms with Crippen LogP contribution in [0, 0.1) is 5.82 Å². The van der Waals surface area contributed by atoms with Gasteiger partial charge in [-0.2, -0.15) is 0 Å². The number of benzene rings is 2. The van der Waals surface area contributed by atoms with Gasteiger partial charge in [0, 0.05) is 43.8 Å². The average Bonchev–Trinajstić information content (AvgIpc) is 3.14. The molecule has 2 aromatic heterocycles. The van der Waals surface area contributed by atoms with Crippen molar-refractivity contribution in [1.82, 2.24) is 24.4 Å². The summed E-state index contributed by atoms with van der Waals surface area (Å²) in [5, 5.41) is 0. The molecule has 0 amide bonds. The highest BCUT2D eigenvalue weighted by Crippen LogP contribution is 2.27. The Bertz CT molecular complexity index is 1080. The first-order valence-corrected chi connectivity index (χ1v) is 8.97. The lowest BCUT2D eigenvalue weighted by Crippen LogP contribution is -2.46. The second kappa shape index (κ2) is 6.55. The Morgan fingerprint density at radius 1 is 0.963 bits per heavy atom. The number of rotatable bonds is 4. The summed E-state index contributed by atoms with van der Waals surface area (Å²) >= 11 is 0. The van der Waals surface area contributed by atoms with E-state index in [-0.39, 0.29) is 5.82 Å². The van der Waals surface area contributed by atoms with E-state index in [1.807, 2.05) is 24.7 Å². The highest BCUT2D eigenvalue weighted by molar-refractivity contribution is 5.77. The quantitative estimate of drug-likeness (QED) is 0.558. The van der Waals surface area contributed by atoms with Crippen LogP contribution >= 0.6 is 0 Å². The summed E-state index contributed by atoms with van der Waals surface area (Å²) in [5.74, 6) is -0.231. The van der Waals surface area contributed by atoms with Crippen LogP contribution in [0.3, 0.4) is 0 Å². The number of aromatic nitrogens is 4. The van der Waals surface area contributed by atoms with E-state index in [4.69, 9.17) is 0 Å². The van der Waals surface area contributed by atoms with E-state index in [0.717, 1.165) is 41.9 Å². The number of hydrogen-bond donors (Lipinski definition) is 0. The molecular weight excluding hydrogens is 341 g/mol. The zero-order valence-electron chi connectivity index (χ0n) is 14.7. The summed E-state index contributed by atoms with van der Waals surface area (Å²) in [4.78, 5) is 15.7. The van der Waals surface area contributed by atoms with Crippen LogP contribution in [-0.2, 0) is 6.54 Å². The molecule has 4 aromatic rings. The molecule has 1 aliphatic rings. The van der Waals surface area contributed by atoms with Crippen molar-refractivity contribution in [3.63, 3.8) is 0 Å². The van der Waals surface area contributed by atoms with Crippen molar-refractivity contribution in [2.24, 2.45) is 0 Å². The number of nitrogens with zero attached hydrogens (tertiary/aromatic N) is 5. The fourth-order valence-electron chi connectivity index (χ4n) is 3.59. The van der Waals surface area contributed by atoms with Gasteiger partial charge >= 0.3 is 0 Å². The summed E-state index contributed by atoms with van der Waals surface area (Å²) in [5.41, 5.74) is 4.92. The van der Waals surface area contributed by atoms with Crippen LogP contribution in [0.2, 0.25) is 0 Å². The van der Waals surface area contributed by atoms with Crippen LogP contribution in [0.15, 0.2) is 67.4 Å². The molecule has 1 aliphatic heterocycles. The van der Waals surface area contributed by atoms with Gasteiger partial charge < -0.3 is 4.57 Å². The number of para-hydroxylation sites is 1. The monoisotopic (exact) mass is 359 g/mol. The molecule has 134 valence electrons. The topological polar surface area (TPSA) is 46.8 Å². The first-order chi connectivity index (χ1) is 13.3. The van der Waals surface area contributed by atoms with Gasteiger partial charge in [-0.3, -0.25) is 14.9 Å². The van der Waals surface area contributed by atoms with Gasteiger partial charge in [-0.1, -0.05) is 12.1 Å². The molecule has 5 rings (SSSR count). The molecule has 6 heteroatoms. The first-order valence-electron chi connectivity index (χ1n) is 8.97. The fourth-order valence-corrected chi connectivity index (χ4v) is 3.59. The van der Waals surface area contributed by atoms with E-state index < -0.39 is 0 Å². The van der Waals surface area contributed by atoms with Crippen LogP contribution in [0.1, 0.15) is 11.6 Å². The molecule has 0 N–H and O–H groups in total. The third kappa shape index (κ3) is 3.08. The summed E-state index contributed by atoms with van der Waals surface area (Å²) < 4.78 is 15.2. The van der Waals surface area contributed by atoms with Crippen molar-refractivity contribution in [1.29, 1.82) is 0 Å². The van der Waals surface area contributed by atoms with E-state index in [9.17, 15) is 4.39 Å². The number of likely N-dealkylation sites (tertiary alicyclic amines) is 1. The molecule has 0 saturated carbocycles. The Morgan fingerprint density at radius 3 is 2.63 bits per heavy atom. The molecule has 0 radical (unpaired) electrons. The Kier molecular flexibility index (Phi) is 3.90. The summed E-state index contributed by atoms with van der Waals surface area (Å²) in [6.07, 6.45) is 7.37. The SMILES string of the molecule is Fc1ccc(-c2cn(C3CN(Cc4cccc5nccnc45)C3)cn2)cc1. The molecule has 1 saturated heterocycles. The molecule has 0 atom stereocenters. The summed E-state index contributed by atoms with van der Waals surface area (Å²) in [6, 6.07) is 13.0. The van der Waals surface area contributed by atoms with E-state index in [1.165, 1.54) is 17.7 Å². The van der Waals surface area contributed by atoms with Crippen LogP contribution in [0.4, 0.5) is 4.39 Å². The zero-order valence-corrected chi connectivity index (χ0v) is 14.7. The highest BCUT2D eigenvalue weighted by atomic mass is 19.1. The molecule has 0 unspecified atom stereocenters. The Labute approximate surface area is 156 Å². The van der Waals surface area contributed by atoms with Crippen molar-refractivity contribution in [3.8, 4) is 11.3 Å². The van der Waals surface area contributed by atoms with Gasteiger partial charge in [0.1, 0.15) is 5.82 Å². The highest BCUT2D eigenvalue weighted by Gasteiger charge is 2.28. The fraction of sp³-hybridized carbons (Fsp3) is 0.190. The van der Waals surface area contributed by atoms with Crippen molar-refractivity contribution in [3.05, 3.63) is 78.8 Å². The molecule has 0 spiro atoms. The van der Waals surface area contributed by atoms with E-state index in [0.29, 0.717) is 6.04 Å². The number of hydrogen-bond acceptors (Lipinski definition) is 4. The van der Waals surface area contributed by atoms with Crippen LogP contribution in [0.5, 0.6) is 0 Å². The minimum atomic E-state index is -0.231. The van der Waals surface area contributed by atoms with E-state index >= 15 is 0 Å². The molecule has 27 heavy (non-hydrogen) atoms. The minimum Gasteiger partial charge on any atom is -0.331 e. The predicted molar refractivity (Wildman–Crippen MR) is 101 cm³/mol.